The molecule has 1 fully saturated rings. The molecule has 0 aliphatic heterocycles. The quantitative estimate of drug-likeness (QED) is 0.663. The highest BCUT2D eigenvalue weighted by Crippen LogP contribution is 2.25. The van der Waals surface area contributed by atoms with Crippen molar-refractivity contribution < 1.29 is 14.7 Å². The summed E-state index contributed by atoms with van der Waals surface area (Å²) in [4.78, 5) is 28.7. The van der Waals surface area contributed by atoms with Crippen LogP contribution in [0.2, 0.25) is 0 Å². The molecule has 24 heavy (non-hydrogen) atoms. The fourth-order valence-electron chi connectivity index (χ4n) is 3.01. The minimum atomic E-state index is -0.808. The monoisotopic (exact) mass is 334 g/mol. The van der Waals surface area contributed by atoms with E-state index >= 15 is 0 Å². The molecule has 0 atom stereocenters. The number of aromatic nitrogens is 1. The van der Waals surface area contributed by atoms with Crippen molar-refractivity contribution in [3.63, 3.8) is 0 Å². The van der Waals surface area contributed by atoms with E-state index in [-0.39, 0.29) is 24.7 Å². The molecule has 2 rings (SSSR count). The van der Waals surface area contributed by atoms with Gasteiger partial charge in [0.1, 0.15) is 0 Å². The number of pyridine rings is 1. The van der Waals surface area contributed by atoms with Crippen molar-refractivity contribution in [3.8, 4) is 0 Å². The zero-order chi connectivity index (χ0) is 17.5. The highest BCUT2D eigenvalue weighted by molar-refractivity contribution is 5.74. The molecular formula is C17H26N4O3. The molecule has 3 N–H and O–H groups in total. The molecule has 0 saturated heterocycles. The Bertz CT molecular complexity index is 573. The molecule has 7 nitrogen and oxygen atoms in total. The van der Waals surface area contributed by atoms with Crippen molar-refractivity contribution in [3.05, 3.63) is 29.6 Å². The summed E-state index contributed by atoms with van der Waals surface area (Å²) in [5.41, 5.74) is 2.31. The van der Waals surface area contributed by atoms with Crippen LogP contribution >= 0.6 is 0 Å². The number of aryl methyl sites for hydroxylation is 1. The summed E-state index contributed by atoms with van der Waals surface area (Å²) in [6.07, 6.45) is 5.96. The summed E-state index contributed by atoms with van der Waals surface area (Å²) in [5.74, 6) is -0.808. The zero-order valence-electron chi connectivity index (χ0n) is 14.3. The van der Waals surface area contributed by atoms with Crippen molar-refractivity contribution in [2.45, 2.75) is 45.2 Å². The maximum atomic E-state index is 11.9. The average molecular weight is 334 g/mol. The van der Waals surface area contributed by atoms with Gasteiger partial charge < -0.3 is 15.7 Å². The first kappa shape index (κ1) is 18.2. The van der Waals surface area contributed by atoms with E-state index in [1.807, 2.05) is 31.0 Å². The number of carboxylic acid groups (broad SMARTS) is 1. The normalized spacial score (nSPS) is 19.6. The van der Waals surface area contributed by atoms with Crippen LogP contribution in [-0.2, 0) is 11.2 Å². The third-order valence-corrected chi connectivity index (χ3v) is 4.53. The first-order valence-electron chi connectivity index (χ1n) is 8.39. The molecular weight excluding hydrogens is 308 g/mol. The van der Waals surface area contributed by atoms with Crippen LogP contribution in [0.1, 0.15) is 30.9 Å². The van der Waals surface area contributed by atoms with Crippen molar-refractivity contribution in [2.75, 3.05) is 19.6 Å². The number of hydrogen-bond acceptors (Lipinski definition) is 4. The number of nitrogens with one attached hydrogen (secondary N) is 2. The molecule has 1 aromatic heterocycles. The highest BCUT2D eigenvalue weighted by Gasteiger charge is 2.34. The molecule has 0 aromatic carbocycles. The van der Waals surface area contributed by atoms with Gasteiger partial charge in [-0.15, -0.1) is 0 Å². The van der Waals surface area contributed by atoms with Crippen LogP contribution in [0.25, 0.3) is 0 Å². The van der Waals surface area contributed by atoms with Crippen LogP contribution in [0.3, 0.4) is 0 Å². The van der Waals surface area contributed by atoms with E-state index in [1.165, 1.54) is 5.56 Å². The van der Waals surface area contributed by atoms with Crippen molar-refractivity contribution in [2.24, 2.45) is 0 Å². The van der Waals surface area contributed by atoms with Gasteiger partial charge in [0.05, 0.1) is 6.54 Å². The fraction of sp³-hybridized carbons (Fsp3) is 0.588. The molecule has 1 aliphatic carbocycles. The summed E-state index contributed by atoms with van der Waals surface area (Å²) in [5, 5.41) is 14.7. The minimum Gasteiger partial charge on any atom is -0.480 e. The van der Waals surface area contributed by atoms with Crippen LogP contribution < -0.4 is 10.6 Å². The number of carboxylic acids is 1. The van der Waals surface area contributed by atoms with Crippen LogP contribution in [0, 0.1) is 6.92 Å². The standard InChI is InChI=1S/C17H26N4O3/c1-3-21(11-16(22)23)15-8-14(9-15)20-17(24)19-7-5-13-4-6-18-10-12(13)2/h4,6,10,14-15H,3,5,7-9,11H2,1-2H3,(H,22,23)(H2,19,20,24). The predicted molar refractivity (Wildman–Crippen MR) is 90.9 cm³/mol. The number of carbonyl (C=O) groups is 2. The smallest absolute Gasteiger partial charge is 0.317 e. The molecule has 0 spiro atoms. The fourth-order valence-corrected chi connectivity index (χ4v) is 3.01. The number of rotatable bonds is 8. The van der Waals surface area contributed by atoms with Crippen LogP contribution in [-0.4, -0.2) is 58.7 Å². The van der Waals surface area contributed by atoms with Gasteiger partial charge in [0.15, 0.2) is 0 Å². The summed E-state index contributed by atoms with van der Waals surface area (Å²) >= 11 is 0. The summed E-state index contributed by atoms with van der Waals surface area (Å²) in [6.45, 7) is 5.31. The highest BCUT2D eigenvalue weighted by atomic mass is 16.4. The first-order chi connectivity index (χ1) is 11.5. The Hall–Kier alpha value is -2.15. The van der Waals surface area contributed by atoms with E-state index in [2.05, 4.69) is 15.6 Å². The number of carbonyl (C=O) groups excluding carboxylic acids is 1. The lowest BCUT2D eigenvalue weighted by molar-refractivity contribution is -0.139. The number of amides is 2. The summed E-state index contributed by atoms with van der Waals surface area (Å²) in [6, 6.07) is 2.18. The van der Waals surface area contributed by atoms with Crippen LogP contribution in [0.4, 0.5) is 4.79 Å². The number of urea groups is 1. The number of nitrogens with zero attached hydrogens (tertiary/aromatic N) is 2. The minimum absolute atomic E-state index is 0.0609. The second-order valence-corrected chi connectivity index (χ2v) is 6.23. The largest absolute Gasteiger partial charge is 0.480 e. The van der Waals surface area contributed by atoms with Gasteiger partial charge in [-0.05, 0) is 49.9 Å². The third-order valence-electron chi connectivity index (χ3n) is 4.53. The Kier molecular flexibility index (Phi) is 6.54. The lowest BCUT2D eigenvalue weighted by Gasteiger charge is -2.42. The Morgan fingerprint density at radius 3 is 2.79 bits per heavy atom. The van der Waals surface area contributed by atoms with Crippen molar-refractivity contribution in [1.82, 2.24) is 20.5 Å². The topological polar surface area (TPSA) is 94.6 Å². The Balaban J connectivity index is 1.64. The Morgan fingerprint density at radius 2 is 2.17 bits per heavy atom. The van der Waals surface area contributed by atoms with E-state index in [9.17, 15) is 9.59 Å². The molecule has 0 unspecified atom stereocenters. The lowest BCUT2D eigenvalue weighted by atomic mass is 9.85. The van der Waals surface area contributed by atoms with Gasteiger partial charge in [-0.1, -0.05) is 6.92 Å². The number of aliphatic carboxylic acids is 1. The third kappa shape index (κ3) is 5.19. The molecule has 0 bridgehead atoms. The Morgan fingerprint density at radius 1 is 1.42 bits per heavy atom. The number of likely N-dealkylation sites (N-methyl/N-ethyl adjacent to an activating group) is 1. The van der Waals surface area contributed by atoms with Crippen molar-refractivity contribution >= 4 is 12.0 Å². The molecule has 1 aliphatic rings. The van der Waals surface area contributed by atoms with E-state index in [0.29, 0.717) is 13.1 Å². The SMILES string of the molecule is CCN(CC(=O)O)C1CC(NC(=O)NCCc2ccncc2C)C1. The second kappa shape index (κ2) is 8.63. The van der Waals surface area contributed by atoms with Gasteiger partial charge in [0.25, 0.3) is 0 Å². The van der Waals surface area contributed by atoms with Gasteiger partial charge in [-0.25, -0.2) is 4.79 Å². The Labute approximate surface area is 142 Å². The van der Waals surface area contributed by atoms with Crippen molar-refractivity contribution in [1.29, 1.82) is 0 Å². The molecule has 1 heterocycles. The number of hydrogen-bond donors (Lipinski definition) is 3. The average Bonchev–Trinajstić information content (AvgIpc) is 2.50. The van der Waals surface area contributed by atoms with Gasteiger partial charge >= 0.3 is 12.0 Å². The molecule has 1 aromatic rings. The lowest BCUT2D eigenvalue weighted by Crippen LogP contribution is -2.56. The first-order valence-corrected chi connectivity index (χ1v) is 8.39. The van der Waals surface area contributed by atoms with Gasteiger partial charge in [-0.3, -0.25) is 14.7 Å². The zero-order valence-corrected chi connectivity index (χ0v) is 14.3. The summed E-state index contributed by atoms with van der Waals surface area (Å²) in [7, 11) is 0. The molecule has 132 valence electrons. The predicted octanol–water partition coefficient (Wildman–Crippen LogP) is 1.17. The van der Waals surface area contributed by atoms with Gasteiger partial charge in [0, 0.05) is 31.0 Å². The van der Waals surface area contributed by atoms with Gasteiger partial charge in [0.2, 0.25) is 0 Å². The van der Waals surface area contributed by atoms with Crippen LogP contribution in [0.15, 0.2) is 18.5 Å². The van der Waals surface area contributed by atoms with E-state index < -0.39 is 5.97 Å². The molecule has 7 heteroatoms. The van der Waals surface area contributed by atoms with E-state index in [1.54, 1.807) is 6.20 Å². The van der Waals surface area contributed by atoms with E-state index in [0.717, 1.165) is 24.8 Å². The second-order valence-electron chi connectivity index (χ2n) is 6.23. The maximum Gasteiger partial charge on any atom is 0.317 e. The van der Waals surface area contributed by atoms with E-state index in [4.69, 9.17) is 5.11 Å². The maximum absolute atomic E-state index is 11.9. The van der Waals surface area contributed by atoms with Crippen LogP contribution in [0.5, 0.6) is 0 Å². The van der Waals surface area contributed by atoms with Gasteiger partial charge in [-0.2, -0.15) is 0 Å². The summed E-state index contributed by atoms with van der Waals surface area (Å²) < 4.78 is 0. The molecule has 2 amide bonds. The molecule has 0 radical (unpaired) electrons. The molecule has 1 saturated carbocycles.